The fourth-order valence-corrected chi connectivity index (χ4v) is 4.54. The number of anilines is 1. The lowest BCUT2D eigenvalue weighted by molar-refractivity contribution is -0.136. The lowest BCUT2D eigenvalue weighted by atomic mass is 9.84. The van der Waals surface area contributed by atoms with E-state index in [2.05, 4.69) is 53.8 Å². The van der Waals surface area contributed by atoms with E-state index < -0.39 is 0 Å². The number of rotatable bonds is 9. The van der Waals surface area contributed by atoms with Gasteiger partial charge in [-0.05, 0) is 35.4 Å². The highest BCUT2D eigenvalue weighted by Crippen LogP contribution is 2.28. The van der Waals surface area contributed by atoms with Gasteiger partial charge < -0.3 is 10.2 Å². The Labute approximate surface area is 222 Å². The Morgan fingerprint density at radius 2 is 1.54 bits per heavy atom. The molecule has 1 aromatic heterocycles. The van der Waals surface area contributed by atoms with Crippen LogP contribution in [0.4, 0.5) is 5.82 Å². The summed E-state index contributed by atoms with van der Waals surface area (Å²) >= 11 is 0. The number of nitrogens with zero attached hydrogens (tertiary/aromatic N) is 3. The Morgan fingerprint density at radius 3 is 2.11 bits per heavy atom. The van der Waals surface area contributed by atoms with Gasteiger partial charge in [-0.1, -0.05) is 97.0 Å². The molecule has 2 amide bonds. The minimum absolute atomic E-state index is 0.0114. The van der Waals surface area contributed by atoms with E-state index >= 15 is 0 Å². The molecule has 0 radical (unpaired) electrons. The average Bonchev–Trinajstić information content (AvgIpc) is 3.23. The summed E-state index contributed by atoms with van der Waals surface area (Å²) in [5.74, 6) is 0.560. The fourth-order valence-electron chi connectivity index (χ4n) is 4.54. The summed E-state index contributed by atoms with van der Waals surface area (Å²) in [6.45, 7) is 15.3. The summed E-state index contributed by atoms with van der Waals surface area (Å²) in [5, 5.41) is 7.81. The minimum Gasteiger partial charge on any atom is -0.329 e. The average molecular weight is 503 g/mol. The maximum Gasteiger partial charge on any atom is 0.245 e. The van der Waals surface area contributed by atoms with Gasteiger partial charge in [-0.15, -0.1) is 0 Å². The molecule has 1 unspecified atom stereocenters. The SMILES string of the molecule is CC(CC(=O)N(CC(=O)Nc1cc(C(C)(C)C)nn1-c1ccccc1)Cc1ccccc1)CC(C)(C)C. The van der Waals surface area contributed by atoms with E-state index in [-0.39, 0.29) is 35.1 Å². The minimum atomic E-state index is -0.245. The molecule has 1 N–H and O–H groups in total. The number of hydrogen-bond acceptors (Lipinski definition) is 3. The van der Waals surface area contributed by atoms with Crippen LogP contribution in [0.2, 0.25) is 0 Å². The molecule has 1 heterocycles. The number of carbonyl (C=O) groups excluding carboxylic acids is 2. The van der Waals surface area contributed by atoms with Crippen molar-refractivity contribution in [2.75, 3.05) is 11.9 Å². The predicted octanol–water partition coefficient (Wildman–Crippen LogP) is 6.60. The largest absolute Gasteiger partial charge is 0.329 e. The van der Waals surface area contributed by atoms with Crippen molar-refractivity contribution < 1.29 is 9.59 Å². The lowest BCUT2D eigenvalue weighted by Gasteiger charge is -2.27. The standard InChI is InChI=1S/C31H42N4O2/c1-23(20-30(2,3)4)18-29(37)34(21-24-14-10-8-11-15-24)22-28(36)32-27-19-26(31(5,6)7)33-35(27)25-16-12-9-13-17-25/h8-17,19,23H,18,20-22H2,1-7H3,(H,32,36). The number of hydrogen-bond donors (Lipinski definition) is 1. The number of para-hydroxylation sites is 1. The highest BCUT2D eigenvalue weighted by molar-refractivity contribution is 5.94. The first kappa shape index (κ1) is 28.2. The van der Waals surface area contributed by atoms with Gasteiger partial charge in [0.05, 0.1) is 11.4 Å². The molecule has 3 aromatic rings. The topological polar surface area (TPSA) is 67.2 Å². The molecular weight excluding hydrogens is 460 g/mol. The van der Waals surface area contributed by atoms with Gasteiger partial charge in [-0.3, -0.25) is 9.59 Å². The molecule has 0 bridgehead atoms. The number of nitrogens with one attached hydrogen (secondary N) is 1. The quantitative estimate of drug-likeness (QED) is 0.358. The Hall–Kier alpha value is -3.41. The number of carbonyl (C=O) groups is 2. The summed E-state index contributed by atoms with van der Waals surface area (Å²) in [6.07, 6.45) is 1.35. The van der Waals surface area contributed by atoms with Crippen molar-refractivity contribution in [1.82, 2.24) is 14.7 Å². The second-order valence-corrected chi connectivity index (χ2v) is 12.3. The zero-order valence-electron chi connectivity index (χ0n) is 23.4. The highest BCUT2D eigenvalue weighted by Gasteiger charge is 2.25. The Kier molecular flexibility index (Phi) is 8.95. The van der Waals surface area contributed by atoms with E-state index in [1.54, 1.807) is 9.58 Å². The molecule has 198 valence electrons. The van der Waals surface area contributed by atoms with Crippen molar-refractivity contribution in [3.8, 4) is 5.69 Å². The second-order valence-electron chi connectivity index (χ2n) is 12.3. The van der Waals surface area contributed by atoms with E-state index in [0.29, 0.717) is 18.8 Å². The van der Waals surface area contributed by atoms with Gasteiger partial charge >= 0.3 is 0 Å². The number of benzene rings is 2. The Bertz CT molecular complexity index is 1170. The summed E-state index contributed by atoms with van der Waals surface area (Å²) in [7, 11) is 0. The Morgan fingerprint density at radius 1 is 0.946 bits per heavy atom. The molecule has 0 aliphatic carbocycles. The van der Waals surface area contributed by atoms with Crippen LogP contribution in [0, 0.1) is 11.3 Å². The number of amides is 2. The zero-order chi connectivity index (χ0) is 27.2. The van der Waals surface area contributed by atoms with Crippen LogP contribution in [0.3, 0.4) is 0 Å². The maximum absolute atomic E-state index is 13.4. The van der Waals surface area contributed by atoms with Crippen molar-refractivity contribution in [3.05, 3.63) is 78.0 Å². The first-order valence-corrected chi connectivity index (χ1v) is 13.1. The molecule has 0 aliphatic rings. The molecule has 0 saturated heterocycles. The van der Waals surface area contributed by atoms with Gasteiger partial charge in [0.15, 0.2) is 0 Å². The maximum atomic E-state index is 13.4. The van der Waals surface area contributed by atoms with Crippen LogP contribution in [0.25, 0.3) is 5.69 Å². The van der Waals surface area contributed by atoms with E-state index in [4.69, 9.17) is 5.10 Å². The first-order chi connectivity index (χ1) is 17.3. The van der Waals surface area contributed by atoms with E-state index in [1.165, 1.54) is 0 Å². The van der Waals surface area contributed by atoms with Crippen LogP contribution in [0.5, 0.6) is 0 Å². The van der Waals surface area contributed by atoms with Gasteiger partial charge in [0, 0.05) is 24.4 Å². The summed E-state index contributed by atoms with van der Waals surface area (Å²) < 4.78 is 1.76. The molecule has 37 heavy (non-hydrogen) atoms. The molecule has 0 saturated carbocycles. The molecule has 2 aromatic carbocycles. The monoisotopic (exact) mass is 502 g/mol. The van der Waals surface area contributed by atoms with Gasteiger partial charge in [0.1, 0.15) is 12.4 Å². The smallest absolute Gasteiger partial charge is 0.245 e. The van der Waals surface area contributed by atoms with Crippen LogP contribution in [0.15, 0.2) is 66.7 Å². The third-order valence-corrected chi connectivity index (χ3v) is 6.13. The lowest BCUT2D eigenvalue weighted by Crippen LogP contribution is -2.38. The molecule has 0 fully saturated rings. The third kappa shape index (κ3) is 8.59. The van der Waals surface area contributed by atoms with Crippen LogP contribution in [-0.2, 0) is 21.5 Å². The van der Waals surface area contributed by atoms with Crippen molar-refractivity contribution in [2.24, 2.45) is 11.3 Å². The zero-order valence-corrected chi connectivity index (χ0v) is 23.4. The van der Waals surface area contributed by atoms with Crippen LogP contribution in [0.1, 0.15) is 72.6 Å². The molecular formula is C31H42N4O2. The van der Waals surface area contributed by atoms with Crippen LogP contribution < -0.4 is 5.32 Å². The highest BCUT2D eigenvalue weighted by atomic mass is 16.2. The van der Waals surface area contributed by atoms with Crippen molar-refractivity contribution in [2.45, 2.75) is 73.3 Å². The van der Waals surface area contributed by atoms with Crippen LogP contribution >= 0.6 is 0 Å². The molecule has 3 rings (SSSR count). The van der Waals surface area contributed by atoms with E-state index in [9.17, 15) is 9.59 Å². The molecule has 0 aliphatic heterocycles. The number of aromatic nitrogens is 2. The summed E-state index contributed by atoms with van der Waals surface area (Å²) in [4.78, 5) is 28.4. The third-order valence-electron chi connectivity index (χ3n) is 6.13. The fraction of sp³-hybridized carbons (Fsp3) is 0.452. The van der Waals surface area contributed by atoms with Gasteiger partial charge in [0.25, 0.3) is 0 Å². The van der Waals surface area contributed by atoms with Gasteiger partial charge in [-0.2, -0.15) is 5.10 Å². The molecule has 1 atom stereocenters. The summed E-state index contributed by atoms with van der Waals surface area (Å²) in [5.41, 5.74) is 2.69. The van der Waals surface area contributed by atoms with E-state index in [1.807, 2.05) is 66.7 Å². The summed E-state index contributed by atoms with van der Waals surface area (Å²) in [6, 6.07) is 21.5. The molecule has 0 spiro atoms. The van der Waals surface area contributed by atoms with Gasteiger partial charge in [-0.25, -0.2) is 4.68 Å². The van der Waals surface area contributed by atoms with Crippen LogP contribution in [-0.4, -0.2) is 33.0 Å². The predicted molar refractivity (Wildman–Crippen MR) is 151 cm³/mol. The first-order valence-electron chi connectivity index (χ1n) is 13.1. The second kappa shape index (κ2) is 11.8. The Balaban J connectivity index is 1.82. The van der Waals surface area contributed by atoms with Gasteiger partial charge in [0.2, 0.25) is 11.8 Å². The van der Waals surface area contributed by atoms with E-state index in [0.717, 1.165) is 23.4 Å². The molecule has 6 nitrogen and oxygen atoms in total. The van der Waals surface area contributed by atoms with Crippen molar-refractivity contribution in [3.63, 3.8) is 0 Å². The molecule has 6 heteroatoms. The van der Waals surface area contributed by atoms with Crippen molar-refractivity contribution >= 4 is 17.6 Å². The van der Waals surface area contributed by atoms with Crippen molar-refractivity contribution in [1.29, 1.82) is 0 Å². The normalized spacial score (nSPS) is 12.7.